The number of methoxy groups -OCH3 is 1. The van der Waals surface area contributed by atoms with Crippen LogP contribution >= 0.6 is 12.2 Å². The largest absolute Gasteiger partial charge is 0.495 e. The highest BCUT2D eigenvalue weighted by atomic mass is 32.1. The Labute approximate surface area is 188 Å². The number of aromatic nitrogens is 1. The number of aryl methyl sites for hydroxylation is 2. The molecule has 1 aliphatic rings. The summed E-state index contributed by atoms with van der Waals surface area (Å²) in [7, 11) is 1.65. The minimum Gasteiger partial charge on any atom is -0.495 e. The van der Waals surface area contributed by atoms with Crippen LogP contribution in [0.2, 0.25) is 0 Å². The van der Waals surface area contributed by atoms with E-state index in [0.717, 1.165) is 51.9 Å². The molecule has 5 nitrogen and oxygen atoms in total. The standard InChI is InChI=1S/C25H29N3O2S/c1-16-12-17(2)20-14-18(24(29)26-22(20)13-16)15-28(19-8-4-5-9-19)25(31)27-21-10-6-7-11-23(21)30-3/h6-7,10-14,19H,4-5,8-9,15H2,1-3H3,(H,26,29)(H,27,31). The second-order valence-corrected chi connectivity index (χ2v) is 8.75. The Bertz CT molecular complexity index is 1170. The normalized spacial score (nSPS) is 14.0. The summed E-state index contributed by atoms with van der Waals surface area (Å²) < 4.78 is 5.46. The number of hydrogen-bond donors (Lipinski definition) is 2. The van der Waals surface area contributed by atoms with Gasteiger partial charge in [-0.3, -0.25) is 4.79 Å². The number of nitrogens with zero attached hydrogens (tertiary/aromatic N) is 1. The molecule has 0 bridgehead atoms. The Hall–Kier alpha value is -2.86. The van der Waals surface area contributed by atoms with Gasteiger partial charge in [-0.25, -0.2) is 0 Å². The summed E-state index contributed by atoms with van der Waals surface area (Å²) >= 11 is 5.83. The quantitative estimate of drug-likeness (QED) is 0.533. The first kappa shape index (κ1) is 21.4. The zero-order chi connectivity index (χ0) is 22.0. The van der Waals surface area contributed by atoms with E-state index >= 15 is 0 Å². The molecule has 4 rings (SSSR count). The molecule has 1 saturated carbocycles. The Morgan fingerprint density at radius 1 is 1.19 bits per heavy atom. The van der Waals surface area contributed by atoms with E-state index in [9.17, 15) is 4.79 Å². The monoisotopic (exact) mass is 435 g/mol. The van der Waals surface area contributed by atoms with Crippen LogP contribution < -0.4 is 15.6 Å². The lowest BCUT2D eigenvalue weighted by Crippen LogP contribution is -2.42. The van der Waals surface area contributed by atoms with Gasteiger partial charge in [-0.15, -0.1) is 0 Å². The molecular weight excluding hydrogens is 406 g/mol. The predicted octanol–water partition coefficient (Wildman–Crippen LogP) is 5.30. The maximum absolute atomic E-state index is 12.9. The lowest BCUT2D eigenvalue weighted by molar-refractivity contribution is 0.311. The fourth-order valence-corrected chi connectivity index (χ4v) is 4.86. The molecular formula is C25H29N3O2S. The molecule has 0 spiro atoms. The number of fused-ring (bicyclic) bond motifs is 1. The smallest absolute Gasteiger partial charge is 0.253 e. The first-order valence-electron chi connectivity index (χ1n) is 10.8. The van der Waals surface area contributed by atoms with Gasteiger partial charge in [-0.2, -0.15) is 0 Å². The summed E-state index contributed by atoms with van der Waals surface area (Å²) in [6, 6.07) is 14.3. The van der Waals surface area contributed by atoms with Gasteiger partial charge >= 0.3 is 0 Å². The first-order valence-corrected chi connectivity index (χ1v) is 11.2. The highest BCUT2D eigenvalue weighted by Gasteiger charge is 2.26. The molecule has 0 atom stereocenters. The van der Waals surface area contributed by atoms with E-state index in [4.69, 9.17) is 17.0 Å². The van der Waals surface area contributed by atoms with Crippen molar-refractivity contribution in [1.29, 1.82) is 0 Å². The molecule has 3 aromatic rings. The van der Waals surface area contributed by atoms with Crippen LogP contribution in [0.25, 0.3) is 10.9 Å². The highest BCUT2D eigenvalue weighted by molar-refractivity contribution is 7.80. The molecule has 31 heavy (non-hydrogen) atoms. The fourth-order valence-electron chi connectivity index (χ4n) is 4.53. The number of nitrogens with one attached hydrogen (secondary N) is 2. The average molecular weight is 436 g/mol. The minimum absolute atomic E-state index is 0.0550. The van der Waals surface area contributed by atoms with Gasteiger partial charge in [0.05, 0.1) is 19.3 Å². The summed E-state index contributed by atoms with van der Waals surface area (Å²) in [4.78, 5) is 18.2. The number of hydrogen-bond acceptors (Lipinski definition) is 3. The molecule has 0 amide bonds. The van der Waals surface area contributed by atoms with E-state index in [1.807, 2.05) is 43.3 Å². The summed E-state index contributed by atoms with van der Waals surface area (Å²) in [6.07, 6.45) is 4.53. The van der Waals surface area contributed by atoms with E-state index in [-0.39, 0.29) is 5.56 Å². The Morgan fingerprint density at radius 2 is 1.94 bits per heavy atom. The molecule has 6 heteroatoms. The molecule has 1 aliphatic carbocycles. The van der Waals surface area contributed by atoms with Gasteiger partial charge in [0.2, 0.25) is 0 Å². The van der Waals surface area contributed by atoms with Crippen molar-refractivity contribution in [2.24, 2.45) is 0 Å². The van der Waals surface area contributed by atoms with Crippen LogP contribution in [0.4, 0.5) is 5.69 Å². The predicted molar refractivity (Wildman–Crippen MR) is 131 cm³/mol. The third-order valence-electron chi connectivity index (χ3n) is 6.11. The molecule has 0 radical (unpaired) electrons. The van der Waals surface area contributed by atoms with Crippen LogP contribution in [0.3, 0.4) is 0 Å². The highest BCUT2D eigenvalue weighted by Crippen LogP contribution is 2.28. The minimum atomic E-state index is -0.0550. The van der Waals surface area contributed by atoms with E-state index in [1.54, 1.807) is 7.11 Å². The third kappa shape index (κ3) is 4.59. The SMILES string of the molecule is COc1ccccc1NC(=S)N(Cc1cc2c(C)cc(C)cc2[nH]c1=O)C1CCCC1. The average Bonchev–Trinajstić information content (AvgIpc) is 3.27. The molecule has 162 valence electrons. The van der Waals surface area contributed by atoms with Gasteiger partial charge in [0.25, 0.3) is 5.56 Å². The Morgan fingerprint density at radius 3 is 2.68 bits per heavy atom. The number of rotatable bonds is 5. The van der Waals surface area contributed by atoms with Crippen molar-refractivity contribution in [3.63, 3.8) is 0 Å². The first-order chi connectivity index (χ1) is 15.0. The van der Waals surface area contributed by atoms with Gasteiger partial charge in [0.15, 0.2) is 5.11 Å². The molecule has 1 aromatic heterocycles. The molecule has 1 fully saturated rings. The lowest BCUT2D eigenvalue weighted by atomic mass is 10.0. The zero-order valence-corrected chi connectivity index (χ0v) is 19.1. The number of H-pyrrole nitrogens is 1. The van der Waals surface area contributed by atoms with Gasteiger partial charge in [-0.05, 0) is 74.3 Å². The number of para-hydroxylation sites is 2. The van der Waals surface area contributed by atoms with Crippen molar-refractivity contribution in [3.8, 4) is 5.75 Å². The summed E-state index contributed by atoms with van der Waals surface area (Å²) in [5.74, 6) is 0.741. The third-order valence-corrected chi connectivity index (χ3v) is 6.44. The molecule has 0 unspecified atom stereocenters. The number of thiocarbonyl (C=S) groups is 1. The molecule has 2 aromatic carbocycles. The van der Waals surface area contributed by atoms with E-state index in [1.165, 1.54) is 12.8 Å². The van der Waals surface area contributed by atoms with Crippen molar-refractivity contribution in [2.75, 3.05) is 12.4 Å². The molecule has 2 N–H and O–H groups in total. The molecule has 0 aliphatic heterocycles. The van der Waals surface area contributed by atoms with E-state index in [2.05, 4.69) is 28.2 Å². The molecule has 0 saturated heterocycles. The van der Waals surface area contributed by atoms with Crippen molar-refractivity contribution >= 4 is 33.9 Å². The Kier molecular flexibility index (Phi) is 6.28. The van der Waals surface area contributed by atoms with Crippen LogP contribution in [-0.2, 0) is 6.54 Å². The van der Waals surface area contributed by atoms with Crippen LogP contribution in [0.5, 0.6) is 5.75 Å². The van der Waals surface area contributed by atoms with Crippen molar-refractivity contribution in [2.45, 2.75) is 52.1 Å². The van der Waals surface area contributed by atoms with E-state index < -0.39 is 0 Å². The fraction of sp³-hybridized carbons (Fsp3) is 0.360. The zero-order valence-electron chi connectivity index (χ0n) is 18.3. The van der Waals surface area contributed by atoms with Crippen molar-refractivity contribution in [3.05, 3.63) is 69.5 Å². The summed E-state index contributed by atoms with van der Waals surface area (Å²) in [5.41, 5.74) is 4.69. The van der Waals surface area contributed by atoms with Gasteiger partial charge in [0.1, 0.15) is 5.75 Å². The second-order valence-electron chi connectivity index (χ2n) is 8.36. The number of aromatic amines is 1. The van der Waals surface area contributed by atoms with Crippen LogP contribution in [0, 0.1) is 13.8 Å². The second kappa shape index (κ2) is 9.10. The number of benzene rings is 2. The van der Waals surface area contributed by atoms with Gasteiger partial charge in [-0.1, -0.05) is 31.0 Å². The van der Waals surface area contributed by atoms with Crippen LogP contribution in [0.1, 0.15) is 42.4 Å². The lowest BCUT2D eigenvalue weighted by Gasteiger charge is -2.32. The van der Waals surface area contributed by atoms with Crippen molar-refractivity contribution < 1.29 is 4.74 Å². The van der Waals surface area contributed by atoms with Gasteiger partial charge < -0.3 is 19.9 Å². The maximum atomic E-state index is 12.9. The van der Waals surface area contributed by atoms with Gasteiger partial charge in [0, 0.05) is 22.5 Å². The van der Waals surface area contributed by atoms with Crippen LogP contribution in [-0.4, -0.2) is 28.1 Å². The number of ether oxygens (including phenoxy) is 1. The summed E-state index contributed by atoms with van der Waals surface area (Å²) in [5, 5.41) is 5.05. The molecule has 1 heterocycles. The maximum Gasteiger partial charge on any atom is 0.253 e. The van der Waals surface area contributed by atoms with Crippen LogP contribution in [0.15, 0.2) is 47.3 Å². The summed E-state index contributed by atoms with van der Waals surface area (Å²) in [6.45, 7) is 4.60. The Balaban J connectivity index is 1.66. The number of pyridine rings is 1. The van der Waals surface area contributed by atoms with Crippen molar-refractivity contribution in [1.82, 2.24) is 9.88 Å². The van der Waals surface area contributed by atoms with E-state index in [0.29, 0.717) is 17.7 Å². The number of anilines is 1. The topological polar surface area (TPSA) is 57.4 Å².